The molecular formula is C63H69FN6O13. The lowest BCUT2D eigenvalue weighted by Gasteiger charge is -2.36. The number of Topliss-reactive ketones (excluding diaryl/α,β-unsaturated/α-hetero) is 3. The summed E-state index contributed by atoms with van der Waals surface area (Å²) >= 11 is 0. The second-order valence-electron chi connectivity index (χ2n) is 22.2. The van der Waals surface area contributed by atoms with E-state index in [1.165, 1.54) is 15.5 Å². The van der Waals surface area contributed by atoms with E-state index in [4.69, 9.17) is 14.5 Å². The monoisotopic (exact) mass is 1140 g/mol. The van der Waals surface area contributed by atoms with Crippen LogP contribution in [0.3, 0.4) is 0 Å². The number of rotatable bonds is 26. The first-order chi connectivity index (χ1) is 39.8. The molecule has 5 atom stereocenters. The van der Waals surface area contributed by atoms with Crippen molar-refractivity contribution in [3.63, 3.8) is 0 Å². The van der Waals surface area contributed by atoms with Crippen LogP contribution in [-0.4, -0.2) is 111 Å². The standard InChI is InChI=1S/C63H69FN6O13/c1-5-63(81)47-30-51-56-45(34-70(51)60(78)46(47)35-83-62(63)80)55-50(22-21-44-37(3)48(64)31-49(67-56)54(44)55)68(4)61(79)57(39-17-11-7-12-18-39)82-26-24-42(72)32-66-58(76)40(28-38-15-9-6-10-16-38)29-43(73)33-65-52(74)23-20-41(71)19-13-8-14-25-69-53(75)27-36(2)59(69)77/h6-7,9-12,15-18,30-31,36,40,50,57,81H,5,8,13-14,19-29,32-35H2,1-4H3,(H,65,74)(H,66,76)/t36?,40-,50+,57+,63+/m1/s1. The summed E-state index contributed by atoms with van der Waals surface area (Å²) in [5, 5.41) is 17.4. The Kier molecular flexibility index (Phi) is 18.3. The minimum Gasteiger partial charge on any atom is -0.458 e. The minimum absolute atomic E-state index is 0.0188. The molecule has 436 valence electrons. The van der Waals surface area contributed by atoms with E-state index >= 15 is 9.18 Å². The van der Waals surface area contributed by atoms with E-state index in [0.29, 0.717) is 83.2 Å². The summed E-state index contributed by atoms with van der Waals surface area (Å²) in [5.74, 6) is -5.32. The predicted molar refractivity (Wildman–Crippen MR) is 300 cm³/mol. The molecule has 83 heavy (non-hydrogen) atoms. The first-order valence-electron chi connectivity index (χ1n) is 28.5. The number of likely N-dealkylation sites (tertiary alicyclic amines) is 1. The maximum Gasteiger partial charge on any atom is 0.343 e. The largest absolute Gasteiger partial charge is 0.458 e. The molecule has 2 aromatic heterocycles. The van der Waals surface area contributed by atoms with Crippen molar-refractivity contribution >= 4 is 63.8 Å². The quantitative estimate of drug-likeness (QED) is 0.0318. The number of unbranched alkanes of at least 4 members (excludes halogenated alkanes) is 2. The topological polar surface area (TPSA) is 258 Å². The van der Waals surface area contributed by atoms with Crippen molar-refractivity contribution in [1.82, 2.24) is 30.0 Å². The van der Waals surface area contributed by atoms with Gasteiger partial charge in [-0.15, -0.1) is 0 Å². The van der Waals surface area contributed by atoms with Crippen molar-refractivity contribution < 1.29 is 62.1 Å². The van der Waals surface area contributed by atoms with E-state index in [9.17, 15) is 48.3 Å². The Labute approximate surface area is 479 Å². The molecule has 19 nitrogen and oxygen atoms in total. The molecule has 3 aliphatic heterocycles. The van der Waals surface area contributed by atoms with Crippen molar-refractivity contribution in [3.05, 3.63) is 133 Å². The number of ketones is 3. The third-order valence-corrected chi connectivity index (χ3v) is 16.7. The number of cyclic esters (lactones) is 1. The molecule has 1 saturated heterocycles. The molecule has 5 aromatic rings. The van der Waals surface area contributed by atoms with Gasteiger partial charge in [-0.1, -0.05) is 80.9 Å². The van der Waals surface area contributed by atoms with Gasteiger partial charge in [0.1, 0.15) is 18.2 Å². The number of fused-ring (bicyclic) bond motifs is 5. The Morgan fingerprint density at radius 2 is 1.60 bits per heavy atom. The van der Waals surface area contributed by atoms with Gasteiger partial charge >= 0.3 is 5.97 Å². The fraction of sp³-hybridized carbons (Fsp3) is 0.444. The number of hydrogen-bond acceptors (Lipinski definition) is 14. The number of nitrogens with zero attached hydrogens (tertiary/aromatic N) is 4. The molecule has 0 radical (unpaired) electrons. The summed E-state index contributed by atoms with van der Waals surface area (Å²) in [4.78, 5) is 140. The molecule has 20 heteroatoms. The number of halogens is 1. The average Bonchev–Trinajstić information content (AvgIpc) is 2.53. The highest BCUT2D eigenvalue weighted by atomic mass is 19.1. The van der Waals surface area contributed by atoms with Gasteiger partial charge in [0.2, 0.25) is 23.6 Å². The van der Waals surface area contributed by atoms with E-state index in [2.05, 4.69) is 10.6 Å². The second kappa shape index (κ2) is 25.6. The molecule has 9 rings (SSSR count). The zero-order valence-corrected chi connectivity index (χ0v) is 47.2. The first kappa shape index (κ1) is 59.5. The summed E-state index contributed by atoms with van der Waals surface area (Å²) < 4.78 is 28.8. The molecule has 0 saturated carbocycles. The van der Waals surface area contributed by atoms with E-state index in [1.807, 2.05) is 18.2 Å². The average molecular weight is 1140 g/mol. The Bertz CT molecular complexity index is 3480. The Balaban J connectivity index is 0.816. The second-order valence-corrected chi connectivity index (χ2v) is 22.2. The summed E-state index contributed by atoms with van der Waals surface area (Å²) in [6, 6.07) is 20.1. The molecule has 0 bridgehead atoms. The third-order valence-electron chi connectivity index (χ3n) is 16.7. The van der Waals surface area contributed by atoms with E-state index in [0.717, 1.165) is 11.1 Å². The number of imide groups is 1. The van der Waals surface area contributed by atoms with Gasteiger partial charge in [-0.25, -0.2) is 14.2 Å². The Hall–Kier alpha value is -8.10. The highest BCUT2D eigenvalue weighted by molar-refractivity contribution is 6.03. The van der Waals surface area contributed by atoms with Crippen LogP contribution in [0.15, 0.2) is 77.6 Å². The molecule has 5 heterocycles. The SMILES string of the molecule is CC[C@@]1(O)C(=O)OCc2c1cc1n(c2=O)Cc2c-1nc1cc(F)c(C)c3c1c2[C@@H](N(C)C(=O)[C@@H](OCCC(=O)CNC(=O)[C@@H](CC(=O)CNC(=O)CCC(=O)CCCCCN1C(=O)CC(C)C1=O)Cc1ccccc1)c1ccccc1)CC3. The molecule has 4 aliphatic rings. The number of carbonyl (C=O) groups excluding carboxylic acids is 9. The van der Waals surface area contributed by atoms with Gasteiger partial charge in [0.15, 0.2) is 23.3 Å². The molecule has 1 unspecified atom stereocenters. The Morgan fingerprint density at radius 1 is 0.880 bits per heavy atom. The van der Waals surface area contributed by atoms with Crippen LogP contribution in [0.2, 0.25) is 0 Å². The van der Waals surface area contributed by atoms with Crippen LogP contribution < -0.4 is 16.2 Å². The van der Waals surface area contributed by atoms with Crippen LogP contribution in [0.1, 0.15) is 141 Å². The molecule has 3 N–H and O–H groups in total. The maximum absolute atomic E-state index is 15.7. The normalized spacial score (nSPS) is 18.4. The molecule has 0 spiro atoms. The highest BCUT2D eigenvalue weighted by Crippen LogP contribution is 2.48. The van der Waals surface area contributed by atoms with Crippen molar-refractivity contribution in [2.24, 2.45) is 11.8 Å². The fourth-order valence-electron chi connectivity index (χ4n) is 11.9. The third kappa shape index (κ3) is 12.6. The number of ether oxygens (including phenoxy) is 2. The minimum atomic E-state index is -2.07. The van der Waals surface area contributed by atoms with Crippen molar-refractivity contribution in [2.75, 3.05) is 33.3 Å². The number of likely N-dealkylation sites (N-methyl/N-ethyl adjacent to an activating group) is 1. The van der Waals surface area contributed by atoms with Gasteiger partial charge in [0.25, 0.3) is 11.5 Å². The van der Waals surface area contributed by atoms with Crippen LogP contribution in [0, 0.1) is 24.6 Å². The summed E-state index contributed by atoms with van der Waals surface area (Å²) in [6.07, 6.45) is 1.35. The maximum atomic E-state index is 15.7. The number of carbonyl (C=O) groups is 9. The summed E-state index contributed by atoms with van der Waals surface area (Å²) in [7, 11) is 1.65. The molecule has 3 aromatic carbocycles. The van der Waals surface area contributed by atoms with E-state index < -0.39 is 76.8 Å². The van der Waals surface area contributed by atoms with Crippen LogP contribution >= 0.6 is 0 Å². The summed E-state index contributed by atoms with van der Waals surface area (Å²) in [6.45, 7) is 4.12. The van der Waals surface area contributed by atoms with Gasteiger partial charge < -0.3 is 34.7 Å². The molecular weight excluding hydrogens is 1070 g/mol. The lowest BCUT2D eigenvalue weighted by Crippen LogP contribution is -2.44. The highest BCUT2D eigenvalue weighted by Gasteiger charge is 2.46. The molecule has 1 aliphatic carbocycles. The van der Waals surface area contributed by atoms with Crippen LogP contribution in [0.25, 0.3) is 22.3 Å². The van der Waals surface area contributed by atoms with E-state index in [-0.39, 0.29) is 112 Å². The van der Waals surface area contributed by atoms with Crippen molar-refractivity contribution in [2.45, 2.75) is 135 Å². The van der Waals surface area contributed by atoms with Gasteiger partial charge in [-0.05, 0) is 79.3 Å². The van der Waals surface area contributed by atoms with Crippen molar-refractivity contribution in [3.8, 4) is 11.4 Å². The van der Waals surface area contributed by atoms with Gasteiger partial charge in [0, 0.05) is 86.5 Å². The number of aromatic nitrogens is 2. The molecule has 1 fully saturated rings. The van der Waals surface area contributed by atoms with Gasteiger partial charge in [-0.2, -0.15) is 0 Å². The number of nitrogens with one attached hydrogen (secondary N) is 2. The molecule has 5 amide bonds. The number of aryl methyl sites for hydroxylation is 1. The van der Waals surface area contributed by atoms with Crippen LogP contribution in [0.5, 0.6) is 0 Å². The zero-order valence-electron chi connectivity index (χ0n) is 47.2. The predicted octanol–water partition coefficient (Wildman–Crippen LogP) is 6.05. The van der Waals surface area contributed by atoms with Gasteiger partial charge in [0.05, 0.1) is 54.8 Å². The van der Waals surface area contributed by atoms with Gasteiger partial charge in [-0.3, -0.25) is 48.1 Å². The smallest absolute Gasteiger partial charge is 0.343 e. The fourth-order valence-corrected chi connectivity index (χ4v) is 11.9. The number of hydrogen-bond donors (Lipinski definition) is 3. The zero-order chi connectivity index (χ0) is 59.3. The number of aliphatic hydroxyl groups is 1. The lowest BCUT2D eigenvalue weighted by molar-refractivity contribution is -0.172. The number of benzene rings is 3. The number of esters is 1. The first-order valence-corrected chi connectivity index (χ1v) is 28.5. The lowest BCUT2D eigenvalue weighted by atomic mass is 9.81. The van der Waals surface area contributed by atoms with Crippen molar-refractivity contribution in [1.29, 1.82) is 0 Å². The van der Waals surface area contributed by atoms with Crippen LogP contribution in [0.4, 0.5) is 4.39 Å². The number of amides is 5. The van der Waals surface area contributed by atoms with E-state index in [1.54, 1.807) is 81.2 Å². The van der Waals surface area contributed by atoms with Crippen LogP contribution in [-0.2, 0) is 84.2 Å². The number of pyridine rings is 2. The Morgan fingerprint density at radius 3 is 2.31 bits per heavy atom. The summed E-state index contributed by atoms with van der Waals surface area (Å²) in [5.41, 5.74) is 2.56.